The molecule has 1 aliphatic rings. The maximum Gasteiger partial charge on any atom is 0.245 e. The molecule has 0 radical (unpaired) electrons. The zero-order valence-electron chi connectivity index (χ0n) is 15.4. The van der Waals surface area contributed by atoms with Gasteiger partial charge in [0.05, 0.1) is 31.1 Å². The number of aromatic nitrogens is 3. The smallest absolute Gasteiger partial charge is 0.245 e. The highest BCUT2D eigenvalue weighted by Gasteiger charge is 2.32. The summed E-state index contributed by atoms with van der Waals surface area (Å²) in [5.41, 5.74) is 3.01. The van der Waals surface area contributed by atoms with Crippen LogP contribution in [0.5, 0.6) is 5.75 Å². The molecular weight excluding hydrogens is 428 g/mol. The van der Waals surface area contributed by atoms with E-state index in [0.29, 0.717) is 30.5 Å². The van der Waals surface area contributed by atoms with Crippen LogP contribution < -0.4 is 4.74 Å². The van der Waals surface area contributed by atoms with Gasteiger partial charge in [-0.3, -0.25) is 0 Å². The van der Waals surface area contributed by atoms with Crippen LogP contribution in [0.3, 0.4) is 0 Å². The zero-order chi connectivity index (χ0) is 20.0. The van der Waals surface area contributed by atoms with Crippen molar-refractivity contribution in [3.05, 3.63) is 53.0 Å². The molecule has 3 heterocycles. The lowest BCUT2D eigenvalue weighted by molar-refractivity contribution is 0.393. The highest BCUT2D eigenvalue weighted by atomic mass is 32.2. The maximum atomic E-state index is 13.3. The SMILES string of the molecule is COc1ccc(-c2nc3c(s2)CN(S(=O)(=O)c2cccc4nsnc24)CC3)cc1. The Morgan fingerprint density at radius 1 is 1.10 bits per heavy atom. The molecule has 0 bridgehead atoms. The van der Waals surface area contributed by atoms with Gasteiger partial charge in [-0.15, -0.1) is 11.3 Å². The third-order valence-electron chi connectivity index (χ3n) is 4.90. The van der Waals surface area contributed by atoms with E-state index in [9.17, 15) is 8.42 Å². The van der Waals surface area contributed by atoms with Gasteiger partial charge in [0, 0.05) is 23.4 Å². The zero-order valence-corrected chi connectivity index (χ0v) is 17.9. The summed E-state index contributed by atoms with van der Waals surface area (Å²) in [6.07, 6.45) is 0.590. The van der Waals surface area contributed by atoms with Gasteiger partial charge in [-0.05, 0) is 36.4 Å². The molecule has 2 aromatic heterocycles. The predicted molar refractivity (Wildman–Crippen MR) is 113 cm³/mol. The maximum absolute atomic E-state index is 13.3. The lowest BCUT2D eigenvalue weighted by Crippen LogP contribution is -2.35. The lowest BCUT2D eigenvalue weighted by atomic mass is 10.2. The quantitative estimate of drug-likeness (QED) is 0.478. The van der Waals surface area contributed by atoms with Crippen LogP contribution in [0, 0.1) is 0 Å². The molecule has 0 spiro atoms. The Kier molecular flexibility index (Phi) is 4.58. The standard InChI is InChI=1S/C19H16N4O3S3/c1-26-13-7-5-12(6-8-13)19-20-14-9-10-23(11-16(14)27-19)29(24,25)17-4-2-3-15-18(17)22-28-21-15/h2-8H,9-11H2,1H3. The largest absolute Gasteiger partial charge is 0.497 e. The third kappa shape index (κ3) is 3.21. The highest BCUT2D eigenvalue weighted by Crippen LogP contribution is 2.35. The fraction of sp³-hybridized carbons (Fsp3) is 0.211. The summed E-state index contributed by atoms with van der Waals surface area (Å²) in [6.45, 7) is 0.717. The van der Waals surface area contributed by atoms with Gasteiger partial charge in [0.15, 0.2) is 0 Å². The van der Waals surface area contributed by atoms with Crippen molar-refractivity contribution in [2.45, 2.75) is 17.9 Å². The molecule has 5 rings (SSSR count). The van der Waals surface area contributed by atoms with Crippen molar-refractivity contribution in [3.63, 3.8) is 0 Å². The summed E-state index contributed by atoms with van der Waals surface area (Å²) in [6, 6.07) is 12.8. The van der Waals surface area contributed by atoms with E-state index in [1.54, 1.807) is 25.3 Å². The minimum absolute atomic E-state index is 0.215. The Labute approximate surface area is 176 Å². The Bertz CT molecular complexity index is 1300. The van der Waals surface area contributed by atoms with Crippen LogP contribution in [0.2, 0.25) is 0 Å². The van der Waals surface area contributed by atoms with E-state index in [1.165, 1.54) is 15.6 Å². The van der Waals surface area contributed by atoms with E-state index < -0.39 is 10.0 Å². The molecule has 0 amide bonds. The molecule has 0 aliphatic carbocycles. The van der Waals surface area contributed by atoms with Gasteiger partial charge < -0.3 is 4.74 Å². The number of fused-ring (bicyclic) bond motifs is 2. The second kappa shape index (κ2) is 7.13. The van der Waals surface area contributed by atoms with Gasteiger partial charge >= 0.3 is 0 Å². The summed E-state index contributed by atoms with van der Waals surface area (Å²) in [5, 5.41) is 0.891. The molecule has 1 aliphatic heterocycles. The van der Waals surface area contributed by atoms with Crippen molar-refractivity contribution in [2.24, 2.45) is 0 Å². The van der Waals surface area contributed by atoms with Gasteiger partial charge in [0.1, 0.15) is 26.7 Å². The topological polar surface area (TPSA) is 85.3 Å². The summed E-state index contributed by atoms with van der Waals surface area (Å²) in [5.74, 6) is 0.790. The average Bonchev–Trinajstić information content (AvgIpc) is 3.39. The summed E-state index contributed by atoms with van der Waals surface area (Å²) in [4.78, 5) is 5.94. The second-order valence-electron chi connectivity index (χ2n) is 6.59. The highest BCUT2D eigenvalue weighted by molar-refractivity contribution is 7.89. The van der Waals surface area contributed by atoms with Crippen molar-refractivity contribution in [1.82, 2.24) is 18.0 Å². The first-order valence-corrected chi connectivity index (χ1v) is 11.9. The molecule has 29 heavy (non-hydrogen) atoms. The molecule has 0 saturated heterocycles. The number of rotatable bonds is 4. The summed E-state index contributed by atoms with van der Waals surface area (Å²) < 4.78 is 41.6. The molecule has 0 fully saturated rings. The van der Waals surface area contributed by atoms with E-state index in [1.807, 2.05) is 24.3 Å². The Hall–Kier alpha value is -2.40. The molecule has 148 valence electrons. The first kappa shape index (κ1) is 18.6. The van der Waals surface area contributed by atoms with Crippen molar-refractivity contribution in [2.75, 3.05) is 13.7 Å². The monoisotopic (exact) mass is 444 g/mol. The Morgan fingerprint density at radius 2 is 1.93 bits per heavy atom. The molecule has 10 heteroatoms. The molecule has 0 saturated carbocycles. The van der Waals surface area contributed by atoms with Crippen molar-refractivity contribution < 1.29 is 13.2 Å². The van der Waals surface area contributed by atoms with Gasteiger partial charge in [-0.25, -0.2) is 13.4 Å². The molecule has 0 atom stereocenters. The minimum atomic E-state index is -3.67. The average molecular weight is 445 g/mol. The van der Waals surface area contributed by atoms with Crippen LogP contribution in [-0.4, -0.2) is 40.1 Å². The van der Waals surface area contributed by atoms with Crippen LogP contribution in [0.15, 0.2) is 47.4 Å². The van der Waals surface area contributed by atoms with Gasteiger partial charge in [0.2, 0.25) is 10.0 Å². The number of nitrogens with zero attached hydrogens (tertiary/aromatic N) is 4. The van der Waals surface area contributed by atoms with E-state index in [4.69, 9.17) is 9.72 Å². The third-order valence-corrected chi connectivity index (χ3v) is 8.45. The fourth-order valence-corrected chi connectivity index (χ4v) is 6.74. The van der Waals surface area contributed by atoms with Crippen molar-refractivity contribution in [1.29, 1.82) is 0 Å². The molecule has 0 unspecified atom stereocenters. The molecule has 4 aromatic rings. The van der Waals surface area contributed by atoms with Gasteiger partial charge in [-0.1, -0.05) is 6.07 Å². The number of hydrogen-bond acceptors (Lipinski definition) is 8. The van der Waals surface area contributed by atoms with Crippen LogP contribution in [0.1, 0.15) is 10.6 Å². The molecule has 0 N–H and O–H groups in total. The van der Waals surface area contributed by atoms with E-state index in [0.717, 1.165) is 38.6 Å². The lowest BCUT2D eigenvalue weighted by Gasteiger charge is -2.25. The normalized spacial score (nSPS) is 14.8. The molecule has 2 aromatic carbocycles. The van der Waals surface area contributed by atoms with Gasteiger partial charge in [-0.2, -0.15) is 13.1 Å². The van der Waals surface area contributed by atoms with Crippen LogP contribution in [0.4, 0.5) is 0 Å². The number of methoxy groups -OCH3 is 1. The van der Waals surface area contributed by atoms with E-state index in [-0.39, 0.29) is 4.90 Å². The minimum Gasteiger partial charge on any atom is -0.497 e. The van der Waals surface area contributed by atoms with Crippen molar-refractivity contribution in [3.8, 4) is 16.3 Å². The van der Waals surface area contributed by atoms with Crippen LogP contribution in [0.25, 0.3) is 21.6 Å². The fourth-order valence-electron chi connectivity index (χ4n) is 3.36. The Balaban J connectivity index is 1.46. The number of ether oxygens (including phenoxy) is 1. The van der Waals surface area contributed by atoms with Crippen LogP contribution in [-0.2, 0) is 23.0 Å². The Morgan fingerprint density at radius 3 is 2.72 bits per heavy atom. The van der Waals surface area contributed by atoms with Crippen LogP contribution >= 0.6 is 23.1 Å². The second-order valence-corrected chi connectivity index (χ2v) is 10.1. The number of hydrogen-bond donors (Lipinski definition) is 0. The van der Waals surface area contributed by atoms with E-state index in [2.05, 4.69) is 8.75 Å². The van der Waals surface area contributed by atoms with Crippen molar-refractivity contribution >= 4 is 44.1 Å². The molecule has 7 nitrogen and oxygen atoms in total. The summed E-state index contributed by atoms with van der Waals surface area (Å²) in [7, 11) is -2.03. The summed E-state index contributed by atoms with van der Waals surface area (Å²) >= 11 is 2.56. The van der Waals surface area contributed by atoms with Gasteiger partial charge in [0.25, 0.3) is 0 Å². The number of sulfonamides is 1. The molecular formula is C19H16N4O3S3. The number of benzene rings is 2. The number of thiazole rings is 1. The van der Waals surface area contributed by atoms with E-state index >= 15 is 0 Å². The predicted octanol–water partition coefficient (Wildman–Crippen LogP) is 3.57. The first-order valence-electron chi connectivity index (χ1n) is 8.91. The first-order chi connectivity index (χ1) is 14.1.